The van der Waals surface area contributed by atoms with E-state index in [1.165, 1.54) is 31.4 Å². The van der Waals surface area contributed by atoms with Gasteiger partial charge in [-0.2, -0.15) is 5.26 Å². The summed E-state index contributed by atoms with van der Waals surface area (Å²) >= 11 is 12.4. The van der Waals surface area contributed by atoms with E-state index in [-0.39, 0.29) is 33.9 Å². The van der Waals surface area contributed by atoms with E-state index in [1.807, 2.05) is 27.7 Å². The van der Waals surface area contributed by atoms with Gasteiger partial charge in [-0.15, -0.1) is 0 Å². The number of benzene rings is 2. The highest BCUT2D eigenvalue weighted by atomic mass is 35.5. The summed E-state index contributed by atoms with van der Waals surface area (Å²) in [5, 5.41) is 17.9. The molecule has 2 aromatic carbocycles. The van der Waals surface area contributed by atoms with Crippen LogP contribution < -0.4 is 15.4 Å². The number of nitriles is 1. The van der Waals surface area contributed by atoms with Gasteiger partial charge in [0.2, 0.25) is 5.91 Å². The number of methoxy groups -OCH3 is 1. The first-order chi connectivity index (χ1) is 21.3. The Morgan fingerprint density at radius 3 is 2.60 bits per heavy atom. The van der Waals surface area contributed by atoms with Crippen LogP contribution in [0.4, 0.5) is 10.1 Å². The number of carbonyl (C=O) groups excluding carboxylic acids is 2. The lowest BCUT2D eigenvalue weighted by molar-refractivity contribution is -0.119. The zero-order chi connectivity index (χ0) is 32.9. The van der Waals surface area contributed by atoms with Gasteiger partial charge in [0.1, 0.15) is 17.0 Å². The second-order valence-corrected chi connectivity index (χ2v) is 13.2. The number of ether oxygens (including phenoxy) is 2. The van der Waals surface area contributed by atoms with Gasteiger partial charge >= 0.3 is 5.97 Å². The first-order valence-corrected chi connectivity index (χ1v) is 15.4. The number of hydrogen-bond donors (Lipinski definition) is 2. The molecule has 0 bridgehead atoms. The summed E-state index contributed by atoms with van der Waals surface area (Å²) in [6.45, 7) is 8.23. The summed E-state index contributed by atoms with van der Waals surface area (Å²) < 4.78 is 26.6. The van der Waals surface area contributed by atoms with Crippen molar-refractivity contribution in [3.05, 3.63) is 81.6 Å². The average molecular weight is 653 g/mol. The Morgan fingerprint density at radius 1 is 1.20 bits per heavy atom. The van der Waals surface area contributed by atoms with E-state index < -0.39 is 47.0 Å². The molecule has 2 aromatic rings. The molecule has 236 valence electrons. The Labute approximate surface area is 273 Å². The van der Waals surface area contributed by atoms with E-state index in [0.29, 0.717) is 23.6 Å². The van der Waals surface area contributed by atoms with Crippen LogP contribution in [0.3, 0.4) is 0 Å². The van der Waals surface area contributed by atoms with Gasteiger partial charge in [0.05, 0.1) is 42.1 Å². The van der Waals surface area contributed by atoms with Gasteiger partial charge in [-0.1, -0.05) is 81.0 Å². The summed E-state index contributed by atoms with van der Waals surface area (Å²) in [6, 6.07) is 9.62. The van der Waals surface area contributed by atoms with Gasteiger partial charge in [0.15, 0.2) is 0 Å². The number of anilines is 1. The highest BCUT2D eigenvalue weighted by Gasteiger charge is 2.61. The molecule has 1 saturated heterocycles. The van der Waals surface area contributed by atoms with Crippen LogP contribution in [0.25, 0.3) is 0 Å². The molecule has 1 fully saturated rings. The number of carbonyl (C=O) groups is 2. The maximum Gasteiger partial charge on any atom is 0.338 e. The summed E-state index contributed by atoms with van der Waals surface area (Å²) in [5.41, 5.74) is -1.14. The van der Waals surface area contributed by atoms with Crippen molar-refractivity contribution in [1.82, 2.24) is 5.32 Å². The first kappa shape index (κ1) is 34.1. The van der Waals surface area contributed by atoms with Gasteiger partial charge in [-0.3, -0.25) is 4.79 Å². The van der Waals surface area contributed by atoms with Crippen LogP contribution in [-0.4, -0.2) is 37.7 Å². The molecule has 10 heteroatoms. The molecule has 1 aliphatic heterocycles. The van der Waals surface area contributed by atoms with E-state index in [4.69, 9.17) is 32.7 Å². The van der Waals surface area contributed by atoms with E-state index in [0.717, 1.165) is 0 Å². The van der Waals surface area contributed by atoms with Crippen molar-refractivity contribution < 1.29 is 23.5 Å². The lowest BCUT2D eigenvalue weighted by Crippen LogP contribution is -2.47. The van der Waals surface area contributed by atoms with Crippen molar-refractivity contribution in [3.8, 4) is 23.7 Å². The van der Waals surface area contributed by atoms with Crippen molar-refractivity contribution in [2.75, 3.05) is 19.0 Å². The molecule has 3 unspecified atom stereocenters. The van der Waals surface area contributed by atoms with Crippen LogP contribution in [0.2, 0.25) is 5.02 Å². The molecular formula is C35H36Cl2FN3O4. The van der Waals surface area contributed by atoms with Gasteiger partial charge in [0, 0.05) is 28.5 Å². The minimum absolute atomic E-state index is 0.127. The number of amides is 1. The molecule has 1 aliphatic carbocycles. The number of nitrogens with zero attached hydrogens (tertiary/aromatic N) is 1. The highest BCUT2D eigenvalue weighted by Crippen LogP contribution is 2.51. The standard InChI is InChI=1S/C35H36Cl2FN3O4/c1-6-16-45-33(43)22-11-15-27(28(17-22)44-5)40-32(42)31-30(21-8-7-9-23(36)12-10-21)35(20-39,29(41-31)19-34(2,3)4)25-14-13-24(37)18-26(25)38/h7-9,11,13-15,17-18,21,29-31,41H,6,16,19H2,1-5H3,(H,40,42)/t21?,29?,30?,31-,35+/m1/s1. The van der Waals surface area contributed by atoms with Gasteiger partial charge < -0.3 is 20.1 Å². The first-order valence-electron chi connectivity index (χ1n) is 14.7. The Balaban J connectivity index is 1.84. The van der Waals surface area contributed by atoms with Crippen LogP contribution in [-0.2, 0) is 14.9 Å². The number of allylic oxidation sites excluding steroid dienone is 4. The van der Waals surface area contributed by atoms with Crippen molar-refractivity contribution >= 4 is 40.8 Å². The number of nitrogens with one attached hydrogen (secondary N) is 2. The second kappa shape index (κ2) is 14.1. The van der Waals surface area contributed by atoms with Gasteiger partial charge in [-0.05, 0) is 54.7 Å². The van der Waals surface area contributed by atoms with Gasteiger partial charge in [0.25, 0.3) is 0 Å². The van der Waals surface area contributed by atoms with E-state index >= 15 is 4.39 Å². The topological polar surface area (TPSA) is 100 Å². The maximum atomic E-state index is 15.9. The molecule has 5 atom stereocenters. The van der Waals surface area contributed by atoms with E-state index in [1.54, 1.807) is 30.4 Å². The lowest BCUT2D eigenvalue weighted by Gasteiger charge is -2.38. The average Bonchev–Trinajstić information content (AvgIpc) is 3.14. The smallest absolute Gasteiger partial charge is 0.338 e. The van der Waals surface area contributed by atoms with E-state index in [2.05, 4.69) is 28.5 Å². The molecule has 45 heavy (non-hydrogen) atoms. The van der Waals surface area contributed by atoms with Crippen LogP contribution in [0, 0.1) is 46.2 Å². The molecule has 2 N–H and O–H groups in total. The number of halogens is 3. The van der Waals surface area contributed by atoms with Crippen molar-refractivity contribution in [3.63, 3.8) is 0 Å². The van der Waals surface area contributed by atoms with Crippen LogP contribution in [0.15, 0.2) is 59.7 Å². The van der Waals surface area contributed by atoms with Crippen molar-refractivity contribution in [1.29, 1.82) is 5.26 Å². The van der Waals surface area contributed by atoms with Gasteiger partial charge in [-0.25, -0.2) is 9.18 Å². The quantitative estimate of drug-likeness (QED) is 0.220. The molecule has 0 radical (unpaired) electrons. The fourth-order valence-electron chi connectivity index (χ4n) is 6.03. The SMILES string of the molecule is CCCOC(=O)c1ccc(NC(=O)[C@@H]2NC(CC(C)(C)C)[C@](C#N)(c3ccc(Cl)cc3F)C2C2C#CC(Cl)=CC=C2)c(OC)c1. The molecule has 1 heterocycles. The monoisotopic (exact) mass is 651 g/mol. The molecule has 2 aliphatic rings. The summed E-state index contributed by atoms with van der Waals surface area (Å²) in [4.78, 5) is 26.7. The molecule has 0 saturated carbocycles. The predicted octanol–water partition coefficient (Wildman–Crippen LogP) is 7.16. The summed E-state index contributed by atoms with van der Waals surface area (Å²) in [5.74, 6) is 3.09. The largest absolute Gasteiger partial charge is 0.495 e. The maximum absolute atomic E-state index is 15.9. The number of rotatable bonds is 9. The van der Waals surface area contributed by atoms with Crippen molar-refractivity contribution in [2.24, 2.45) is 17.3 Å². The summed E-state index contributed by atoms with van der Waals surface area (Å²) in [6.07, 6.45) is 6.24. The molecule has 0 spiro atoms. The third-order valence-corrected chi connectivity index (χ3v) is 8.37. The van der Waals surface area contributed by atoms with E-state index in [9.17, 15) is 14.9 Å². The Bertz CT molecular complexity index is 1630. The predicted molar refractivity (Wildman–Crippen MR) is 174 cm³/mol. The highest BCUT2D eigenvalue weighted by molar-refractivity contribution is 6.32. The molecule has 4 rings (SSSR count). The second-order valence-electron chi connectivity index (χ2n) is 12.3. The third kappa shape index (κ3) is 7.36. The molecule has 1 amide bonds. The molecule has 0 aromatic heterocycles. The fraction of sp³-hybridized carbons (Fsp3) is 0.400. The van der Waals surface area contributed by atoms with Crippen LogP contribution in [0.5, 0.6) is 5.75 Å². The lowest BCUT2D eigenvalue weighted by atomic mass is 9.61. The Morgan fingerprint density at radius 2 is 1.96 bits per heavy atom. The normalized spacial score (nSPS) is 24.0. The molecular weight excluding hydrogens is 616 g/mol. The minimum atomic E-state index is -1.54. The third-order valence-electron chi connectivity index (χ3n) is 7.91. The van der Waals surface area contributed by atoms with Crippen LogP contribution in [0.1, 0.15) is 56.5 Å². The summed E-state index contributed by atoms with van der Waals surface area (Å²) in [7, 11) is 1.43. The number of hydrogen-bond acceptors (Lipinski definition) is 6. The zero-order valence-corrected chi connectivity index (χ0v) is 27.4. The van der Waals surface area contributed by atoms with Crippen LogP contribution >= 0.6 is 23.2 Å². The Hall–Kier alpha value is -3.82. The molecule has 7 nitrogen and oxygen atoms in total. The zero-order valence-electron chi connectivity index (χ0n) is 25.8. The fourth-order valence-corrected chi connectivity index (χ4v) is 6.32. The Kier molecular flexibility index (Phi) is 10.7. The minimum Gasteiger partial charge on any atom is -0.495 e. The van der Waals surface area contributed by atoms with Crippen molar-refractivity contribution in [2.45, 2.75) is 58.0 Å². The number of esters is 1.